The Hall–Kier alpha value is -2.20. The fourth-order valence-corrected chi connectivity index (χ4v) is 2.61. The monoisotopic (exact) mass is 412 g/mol. The molecule has 0 spiro atoms. The number of methoxy groups -OCH3 is 1. The summed E-state index contributed by atoms with van der Waals surface area (Å²) < 4.78 is 33.6. The molecule has 0 fully saturated rings. The molecule has 1 unspecified atom stereocenters. The Bertz CT molecular complexity index is 820. The lowest BCUT2D eigenvalue weighted by molar-refractivity contribution is 0.0546. The summed E-state index contributed by atoms with van der Waals surface area (Å²) in [5, 5.41) is 11.5. The van der Waals surface area contributed by atoms with Gasteiger partial charge in [-0.05, 0) is 34.5 Å². The van der Waals surface area contributed by atoms with E-state index in [0.717, 1.165) is 10.2 Å². The molecule has 3 rings (SSSR count). The molecule has 0 saturated carbocycles. The first-order chi connectivity index (χ1) is 12.1. The van der Waals surface area contributed by atoms with E-state index in [0.29, 0.717) is 29.0 Å². The Labute approximate surface area is 150 Å². The van der Waals surface area contributed by atoms with Crippen LogP contribution in [0.1, 0.15) is 24.7 Å². The van der Waals surface area contributed by atoms with Gasteiger partial charge in [0, 0.05) is 36.1 Å². The fraction of sp³-hybridized carbons (Fsp3) is 0.333. The van der Waals surface area contributed by atoms with Gasteiger partial charge in [-0.3, -0.25) is 9.67 Å². The molecule has 0 aromatic carbocycles. The van der Waals surface area contributed by atoms with Gasteiger partial charge < -0.3 is 4.74 Å². The lowest BCUT2D eigenvalue weighted by Gasteiger charge is -2.16. The third-order valence-corrected chi connectivity index (χ3v) is 4.08. The second-order valence-electron chi connectivity index (χ2n) is 5.27. The van der Waals surface area contributed by atoms with Gasteiger partial charge in [0.05, 0.1) is 24.1 Å². The maximum absolute atomic E-state index is 12.6. The standard InChI is InChI=1S/C15H15BrF2N6O/c1-25-5-4-14(12-3-2-11(16)7-19-12)23-8-10(6-20-23)13-9-24(15(17)18)22-21-13/h2-3,6-9,14-15H,4-5H2,1H3. The molecule has 1 atom stereocenters. The Morgan fingerprint density at radius 3 is 2.68 bits per heavy atom. The van der Waals surface area contributed by atoms with Crippen molar-refractivity contribution in [3.63, 3.8) is 0 Å². The molecule has 10 heteroatoms. The predicted molar refractivity (Wildman–Crippen MR) is 89.1 cm³/mol. The first-order valence-corrected chi connectivity index (χ1v) is 8.22. The van der Waals surface area contributed by atoms with Crippen LogP contribution in [-0.4, -0.2) is 43.5 Å². The van der Waals surface area contributed by atoms with Crippen molar-refractivity contribution in [2.45, 2.75) is 19.0 Å². The summed E-state index contributed by atoms with van der Waals surface area (Å²) in [4.78, 5) is 4.42. The average Bonchev–Trinajstić information content (AvgIpc) is 3.26. The average molecular weight is 413 g/mol. The second kappa shape index (κ2) is 7.79. The molecule has 0 saturated heterocycles. The van der Waals surface area contributed by atoms with Gasteiger partial charge in [-0.2, -0.15) is 18.6 Å². The van der Waals surface area contributed by atoms with Gasteiger partial charge in [0.1, 0.15) is 5.69 Å². The lowest BCUT2D eigenvalue weighted by Crippen LogP contribution is -2.14. The summed E-state index contributed by atoms with van der Waals surface area (Å²) in [6.45, 7) is -2.20. The van der Waals surface area contributed by atoms with Crippen LogP contribution >= 0.6 is 15.9 Å². The number of nitrogens with zero attached hydrogens (tertiary/aromatic N) is 6. The third kappa shape index (κ3) is 4.07. The van der Waals surface area contributed by atoms with Crippen LogP contribution in [0.15, 0.2) is 41.4 Å². The number of aromatic nitrogens is 6. The highest BCUT2D eigenvalue weighted by Gasteiger charge is 2.18. The van der Waals surface area contributed by atoms with Crippen LogP contribution in [0.5, 0.6) is 0 Å². The zero-order valence-corrected chi connectivity index (χ0v) is 14.8. The number of pyridine rings is 1. The smallest absolute Gasteiger partial charge is 0.334 e. The van der Waals surface area contributed by atoms with Gasteiger partial charge in [-0.25, -0.2) is 0 Å². The minimum absolute atomic E-state index is 0.146. The van der Waals surface area contributed by atoms with Gasteiger partial charge in [-0.1, -0.05) is 5.21 Å². The van der Waals surface area contributed by atoms with Crippen LogP contribution in [0.4, 0.5) is 8.78 Å². The zero-order chi connectivity index (χ0) is 17.8. The van der Waals surface area contributed by atoms with E-state index in [9.17, 15) is 8.78 Å². The van der Waals surface area contributed by atoms with Gasteiger partial charge in [0.25, 0.3) is 0 Å². The Kier molecular flexibility index (Phi) is 5.49. The van der Waals surface area contributed by atoms with E-state index in [4.69, 9.17) is 4.74 Å². The minimum atomic E-state index is -2.72. The molecular formula is C15H15BrF2N6O. The van der Waals surface area contributed by atoms with Crippen molar-refractivity contribution in [1.82, 2.24) is 29.8 Å². The molecule has 0 aliphatic heterocycles. The second-order valence-corrected chi connectivity index (χ2v) is 6.18. The molecule has 0 N–H and O–H groups in total. The van der Waals surface area contributed by atoms with Crippen LogP contribution in [0.3, 0.4) is 0 Å². The number of hydrogen-bond donors (Lipinski definition) is 0. The van der Waals surface area contributed by atoms with Gasteiger partial charge >= 0.3 is 6.55 Å². The Balaban J connectivity index is 1.88. The van der Waals surface area contributed by atoms with Crippen LogP contribution in [0, 0.1) is 0 Å². The molecule has 0 radical (unpaired) electrons. The molecule has 3 aromatic heterocycles. The fourth-order valence-electron chi connectivity index (χ4n) is 2.37. The van der Waals surface area contributed by atoms with Crippen molar-refractivity contribution in [1.29, 1.82) is 0 Å². The van der Waals surface area contributed by atoms with E-state index < -0.39 is 6.55 Å². The molecule has 0 bridgehead atoms. The molecule has 3 heterocycles. The number of halogens is 3. The molecule has 3 aromatic rings. The molecule has 132 valence electrons. The van der Waals surface area contributed by atoms with Gasteiger partial charge in [0.2, 0.25) is 0 Å². The van der Waals surface area contributed by atoms with E-state index in [-0.39, 0.29) is 6.04 Å². The molecule has 7 nitrogen and oxygen atoms in total. The van der Waals surface area contributed by atoms with Gasteiger partial charge in [0.15, 0.2) is 0 Å². The van der Waals surface area contributed by atoms with E-state index in [1.165, 1.54) is 6.20 Å². The van der Waals surface area contributed by atoms with Crippen LogP contribution in [-0.2, 0) is 4.74 Å². The zero-order valence-electron chi connectivity index (χ0n) is 13.3. The number of hydrogen-bond acceptors (Lipinski definition) is 5. The summed E-state index contributed by atoms with van der Waals surface area (Å²) in [5.74, 6) is 0. The summed E-state index contributed by atoms with van der Waals surface area (Å²) in [6, 6.07) is 3.66. The summed E-state index contributed by atoms with van der Waals surface area (Å²) in [7, 11) is 1.63. The molecule has 0 aliphatic rings. The van der Waals surface area contributed by atoms with E-state index in [1.807, 2.05) is 12.1 Å². The Morgan fingerprint density at radius 1 is 1.20 bits per heavy atom. The first-order valence-electron chi connectivity index (χ1n) is 7.43. The molecular weight excluding hydrogens is 398 g/mol. The van der Waals surface area contributed by atoms with Crippen molar-refractivity contribution < 1.29 is 13.5 Å². The van der Waals surface area contributed by atoms with Crippen molar-refractivity contribution in [3.8, 4) is 11.3 Å². The van der Waals surface area contributed by atoms with Crippen molar-refractivity contribution in [2.75, 3.05) is 13.7 Å². The van der Waals surface area contributed by atoms with Crippen molar-refractivity contribution in [3.05, 3.63) is 47.1 Å². The van der Waals surface area contributed by atoms with Crippen molar-refractivity contribution in [2.24, 2.45) is 0 Å². The number of alkyl halides is 2. The summed E-state index contributed by atoms with van der Waals surface area (Å²) in [6.07, 6.45) is 6.88. The normalized spacial score (nSPS) is 12.7. The predicted octanol–water partition coefficient (Wildman–Crippen LogP) is 3.32. The summed E-state index contributed by atoms with van der Waals surface area (Å²) >= 11 is 3.36. The summed E-state index contributed by atoms with van der Waals surface area (Å²) in [5.41, 5.74) is 1.76. The van der Waals surface area contributed by atoms with Crippen molar-refractivity contribution >= 4 is 15.9 Å². The number of ether oxygens (including phenoxy) is 1. The number of rotatable bonds is 7. The largest absolute Gasteiger partial charge is 0.385 e. The van der Waals surface area contributed by atoms with Gasteiger partial charge in [-0.15, -0.1) is 5.10 Å². The molecule has 0 aliphatic carbocycles. The quantitative estimate of drug-likeness (QED) is 0.595. The van der Waals surface area contributed by atoms with Crippen LogP contribution < -0.4 is 0 Å². The van der Waals surface area contributed by atoms with E-state index >= 15 is 0 Å². The molecule has 0 amide bonds. The highest BCUT2D eigenvalue weighted by atomic mass is 79.9. The highest BCUT2D eigenvalue weighted by Crippen LogP contribution is 2.24. The van der Waals surface area contributed by atoms with Crippen LogP contribution in [0.2, 0.25) is 0 Å². The van der Waals surface area contributed by atoms with E-state index in [2.05, 4.69) is 36.3 Å². The maximum Gasteiger partial charge on any atom is 0.334 e. The SMILES string of the molecule is COCCC(c1ccc(Br)cn1)n1cc(-c2cn(C(F)F)nn2)cn1. The minimum Gasteiger partial charge on any atom is -0.385 e. The topological polar surface area (TPSA) is 70.7 Å². The molecule has 25 heavy (non-hydrogen) atoms. The highest BCUT2D eigenvalue weighted by molar-refractivity contribution is 9.10. The van der Waals surface area contributed by atoms with Crippen LogP contribution in [0.25, 0.3) is 11.3 Å². The lowest BCUT2D eigenvalue weighted by atomic mass is 10.1. The third-order valence-electron chi connectivity index (χ3n) is 3.61. The Morgan fingerprint density at radius 2 is 2.04 bits per heavy atom. The maximum atomic E-state index is 12.6. The van der Waals surface area contributed by atoms with E-state index in [1.54, 1.807) is 30.4 Å². The first kappa shape index (κ1) is 17.6.